The van der Waals surface area contributed by atoms with Crippen molar-refractivity contribution in [2.45, 2.75) is 19.5 Å². The van der Waals surface area contributed by atoms with Crippen molar-refractivity contribution in [2.75, 3.05) is 26.2 Å². The molecule has 0 radical (unpaired) electrons. The number of benzene rings is 3. The Bertz CT molecular complexity index is 891. The van der Waals surface area contributed by atoms with Gasteiger partial charge in [0.1, 0.15) is 0 Å². The number of piperazine rings is 1. The van der Waals surface area contributed by atoms with Crippen LogP contribution in [0.25, 0.3) is 11.1 Å². The van der Waals surface area contributed by atoms with E-state index in [1.54, 1.807) is 0 Å². The number of rotatable bonds is 3. The molecule has 136 valence electrons. The van der Waals surface area contributed by atoms with Crippen LogP contribution in [0.4, 0.5) is 0 Å². The van der Waals surface area contributed by atoms with Crippen LogP contribution in [0.2, 0.25) is 0 Å². The molecule has 2 aliphatic rings. The first-order chi connectivity index (χ1) is 13.3. The molecule has 0 saturated carbocycles. The lowest BCUT2D eigenvalue weighted by molar-refractivity contribution is 0.106. The van der Waals surface area contributed by atoms with Gasteiger partial charge < -0.3 is 0 Å². The van der Waals surface area contributed by atoms with Gasteiger partial charge in [-0.3, -0.25) is 9.80 Å². The maximum absolute atomic E-state index is 2.68. The molecule has 0 bridgehead atoms. The van der Waals surface area contributed by atoms with E-state index in [-0.39, 0.29) is 0 Å². The van der Waals surface area contributed by atoms with E-state index < -0.39 is 0 Å². The first-order valence-corrected chi connectivity index (χ1v) is 10.00. The van der Waals surface area contributed by atoms with Gasteiger partial charge in [-0.2, -0.15) is 0 Å². The summed E-state index contributed by atoms with van der Waals surface area (Å²) in [6, 6.07) is 27.3. The van der Waals surface area contributed by atoms with Crippen molar-refractivity contribution >= 4 is 0 Å². The van der Waals surface area contributed by atoms with E-state index in [4.69, 9.17) is 0 Å². The smallest absolute Gasteiger partial charge is 0.0614 e. The Morgan fingerprint density at radius 2 is 1.26 bits per heavy atom. The second-order valence-corrected chi connectivity index (χ2v) is 7.87. The normalized spacial score (nSPS) is 17.7. The molecule has 0 unspecified atom stereocenters. The second-order valence-electron chi connectivity index (χ2n) is 7.87. The predicted molar refractivity (Wildman–Crippen MR) is 112 cm³/mol. The minimum atomic E-state index is 0.416. The maximum atomic E-state index is 2.68. The Morgan fingerprint density at radius 3 is 1.85 bits per heavy atom. The summed E-state index contributed by atoms with van der Waals surface area (Å²) >= 11 is 0. The highest BCUT2D eigenvalue weighted by Gasteiger charge is 2.33. The Labute approximate surface area is 162 Å². The summed E-state index contributed by atoms with van der Waals surface area (Å²) in [5.74, 6) is 0. The van der Waals surface area contributed by atoms with Crippen LogP contribution in [0.1, 0.15) is 28.3 Å². The van der Waals surface area contributed by atoms with E-state index in [0.717, 1.165) is 32.7 Å². The third-order valence-electron chi connectivity index (χ3n) is 6.10. The summed E-state index contributed by atoms with van der Waals surface area (Å²) < 4.78 is 0. The number of nitrogens with zero attached hydrogens (tertiary/aromatic N) is 2. The standard InChI is InChI=1S/C25H26N2/c1-19-10-12-20(13-11-19)18-26-14-16-27(17-15-26)25-23-8-4-2-6-21(23)22-7-3-5-9-24(22)25/h2-13,25H,14-18H2,1H3. The van der Waals surface area contributed by atoms with Gasteiger partial charge in [0.2, 0.25) is 0 Å². The molecule has 1 aliphatic carbocycles. The molecule has 2 heteroatoms. The molecule has 0 N–H and O–H groups in total. The summed E-state index contributed by atoms with van der Waals surface area (Å²) in [4.78, 5) is 5.27. The molecule has 1 saturated heterocycles. The van der Waals surface area contributed by atoms with Crippen molar-refractivity contribution < 1.29 is 0 Å². The van der Waals surface area contributed by atoms with E-state index in [9.17, 15) is 0 Å². The zero-order valence-corrected chi connectivity index (χ0v) is 15.9. The molecule has 27 heavy (non-hydrogen) atoms. The molecule has 0 amide bonds. The fourth-order valence-corrected chi connectivity index (χ4v) is 4.65. The summed E-state index contributed by atoms with van der Waals surface area (Å²) in [7, 11) is 0. The van der Waals surface area contributed by atoms with Crippen molar-refractivity contribution in [3.05, 3.63) is 95.1 Å². The number of aryl methyl sites for hydroxylation is 1. The van der Waals surface area contributed by atoms with Gasteiger partial charge in [-0.05, 0) is 34.7 Å². The third kappa shape index (κ3) is 3.09. The molecule has 0 spiro atoms. The van der Waals surface area contributed by atoms with E-state index in [1.165, 1.54) is 33.4 Å². The van der Waals surface area contributed by atoms with Crippen LogP contribution >= 0.6 is 0 Å². The lowest BCUT2D eigenvalue weighted by Crippen LogP contribution is -2.47. The van der Waals surface area contributed by atoms with Gasteiger partial charge in [0, 0.05) is 32.7 Å². The largest absolute Gasteiger partial charge is 0.297 e. The van der Waals surface area contributed by atoms with Gasteiger partial charge in [-0.1, -0.05) is 78.4 Å². The monoisotopic (exact) mass is 354 g/mol. The quantitative estimate of drug-likeness (QED) is 0.661. The van der Waals surface area contributed by atoms with Gasteiger partial charge >= 0.3 is 0 Å². The molecule has 0 aromatic heterocycles. The van der Waals surface area contributed by atoms with Crippen LogP contribution < -0.4 is 0 Å². The average Bonchev–Trinajstić information content (AvgIpc) is 3.05. The maximum Gasteiger partial charge on any atom is 0.0614 e. The third-order valence-corrected chi connectivity index (χ3v) is 6.10. The first kappa shape index (κ1) is 16.7. The molecule has 3 aromatic rings. The molecule has 2 nitrogen and oxygen atoms in total. The van der Waals surface area contributed by atoms with Gasteiger partial charge in [-0.15, -0.1) is 0 Å². The fraction of sp³-hybridized carbons (Fsp3) is 0.280. The van der Waals surface area contributed by atoms with Crippen LogP contribution in [0.3, 0.4) is 0 Å². The van der Waals surface area contributed by atoms with Gasteiger partial charge in [0.15, 0.2) is 0 Å². The summed E-state index contributed by atoms with van der Waals surface area (Å²) in [6.07, 6.45) is 0. The molecular formula is C25H26N2. The van der Waals surface area contributed by atoms with Crippen molar-refractivity contribution in [1.82, 2.24) is 9.80 Å². The van der Waals surface area contributed by atoms with Crippen molar-refractivity contribution in [3.8, 4) is 11.1 Å². The highest BCUT2D eigenvalue weighted by Crippen LogP contribution is 2.46. The molecular weight excluding hydrogens is 328 g/mol. The summed E-state index contributed by atoms with van der Waals surface area (Å²) in [5, 5.41) is 0. The average molecular weight is 354 g/mol. The van der Waals surface area contributed by atoms with Crippen molar-refractivity contribution in [3.63, 3.8) is 0 Å². The molecule has 3 aromatic carbocycles. The van der Waals surface area contributed by atoms with Gasteiger partial charge in [-0.25, -0.2) is 0 Å². The van der Waals surface area contributed by atoms with Crippen LogP contribution in [-0.2, 0) is 6.54 Å². The molecule has 5 rings (SSSR count). The first-order valence-electron chi connectivity index (χ1n) is 10.00. The SMILES string of the molecule is Cc1ccc(CN2CCN(C3c4ccccc4-c4ccccc43)CC2)cc1. The van der Waals surface area contributed by atoms with E-state index in [2.05, 4.69) is 89.5 Å². The van der Waals surface area contributed by atoms with Crippen molar-refractivity contribution in [1.29, 1.82) is 0 Å². The van der Waals surface area contributed by atoms with E-state index in [1.807, 2.05) is 0 Å². The Morgan fingerprint density at radius 1 is 0.704 bits per heavy atom. The van der Waals surface area contributed by atoms with Crippen molar-refractivity contribution in [2.24, 2.45) is 0 Å². The van der Waals surface area contributed by atoms with Crippen LogP contribution in [0.15, 0.2) is 72.8 Å². The molecule has 1 fully saturated rings. The molecule has 0 atom stereocenters. The van der Waals surface area contributed by atoms with E-state index >= 15 is 0 Å². The van der Waals surface area contributed by atoms with Crippen LogP contribution in [0.5, 0.6) is 0 Å². The predicted octanol–water partition coefficient (Wildman–Crippen LogP) is 4.88. The van der Waals surface area contributed by atoms with E-state index in [0.29, 0.717) is 6.04 Å². The fourth-order valence-electron chi connectivity index (χ4n) is 4.65. The second kappa shape index (κ2) is 6.95. The minimum Gasteiger partial charge on any atom is -0.297 e. The Kier molecular flexibility index (Phi) is 4.31. The highest BCUT2D eigenvalue weighted by atomic mass is 15.3. The zero-order valence-electron chi connectivity index (χ0n) is 15.9. The Balaban J connectivity index is 1.33. The number of hydrogen-bond acceptors (Lipinski definition) is 2. The lowest BCUT2D eigenvalue weighted by atomic mass is 10.0. The number of hydrogen-bond donors (Lipinski definition) is 0. The molecule has 1 aliphatic heterocycles. The molecule has 1 heterocycles. The van der Waals surface area contributed by atoms with Gasteiger partial charge in [0.25, 0.3) is 0 Å². The lowest BCUT2D eigenvalue weighted by Gasteiger charge is -2.38. The topological polar surface area (TPSA) is 6.48 Å². The zero-order chi connectivity index (χ0) is 18.2. The van der Waals surface area contributed by atoms with Crippen LogP contribution in [-0.4, -0.2) is 36.0 Å². The van der Waals surface area contributed by atoms with Crippen LogP contribution in [0, 0.1) is 6.92 Å². The Hall–Kier alpha value is -2.42. The minimum absolute atomic E-state index is 0.416. The summed E-state index contributed by atoms with van der Waals surface area (Å²) in [6.45, 7) is 7.73. The highest BCUT2D eigenvalue weighted by molar-refractivity contribution is 5.78. The summed E-state index contributed by atoms with van der Waals surface area (Å²) in [5.41, 5.74) is 8.55. The number of fused-ring (bicyclic) bond motifs is 3. The van der Waals surface area contributed by atoms with Gasteiger partial charge in [0.05, 0.1) is 6.04 Å².